The maximum absolute atomic E-state index is 11.1. The zero-order chi connectivity index (χ0) is 13.4. The fourth-order valence-electron chi connectivity index (χ4n) is 3.55. The second kappa shape index (κ2) is 4.85. The molecule has 1 amide bonds. The second-order valence-electron chi connectivity index (χ2n) is 5.63. The summed E-state index contributed by atoms with van der Waals surface area (Å²) in [5.74, 6) is 0.516. The van der Waals surface area contributed by atoms with Crippen LogP contribution in [0.5, 0.6) is 0 Å². The maximum atomic E-state index is 11.1. The van der Waals surface area contributed by atoms with Crippen LogP contribution in [-0.4, -0.2) is 46.7 Å². The number of likely N-dealkylation sites (tertiary alicyclic amines) is 2. The van der Waals surface area contributed by atoms with Gasteiger partial charge in [-0.25, -0.2) is 4.79 Å². The average Bonchev–Trinajstić information content (AvgIpc) is 2.98. The van der Waals surface area contributed by atoms with E-state index >= 15 is 0 Å². The SMILES string of the molecule is C[C@H](c1ccccc1)N1CC[C@@H]2CN(C(=O)O)C[C@@H]21. The molecule has 0 bridgehead atoms. The van der Waals surface area contributed by atoms with Gasteiger partial charge in [0.15, 0.2) is 0 Å². The molecule has 1 aromatic carbocycles. The summed E-state index contributed by atoms with van der Waals surface area (Å²) in [5, 5.41) is 9.12. The summed E-state index contributed by atoms with van der Waals surface area (Å²) in [6.07, 6.45) is 0.340. The Kier molecular flexibility index (Phi) is 3.19. The van der Waals surface area contributed by atoms with Crippen molar-refractivity contribution in [1.82, 2.24) is 9.80 Å². The second-order valence-corrected chi connectivity index (χ2v) is 5.63. The average molecular weight is 260 g/mol. The van der Waals surface area contributed by atoms with E-state index in [9.17, 15) is 4.79 Å². The molecule has 0 saturated carbocycles. The van der Waals surface area contributed by atoms with E-state index in [4.69, 9.17) is 5.11 Å². The molecular formula is C15H20N2O2. The van der Waals surface area contributed by atoms with Crippen LogP contribution in [0.1, 0.15) is 24.9 Å². The Morgan fingerprint density at radius 2 is 2.05 bits per heavy atom. The lowest BCUT2D eigenvalue weighted by molar-refractivity contribution is 0.140. The standard InChI is InChI=1S/C15H20N2O2/c1-11(12-5-3-2-4-6-12)17-8-7-13-9-16(15(18)19)10-14(13)17/h2-6,11,13-14H,7-10H2,1H3,(H,18,19)/t11-,13-,14+/m1/s1. The first kappa shape index (κ1) is 12.5. The topological polar surface area (TPSA) is 43.8 Å². The molecule has 2 aliphatic rings. The van der Waals surface area contributed by atoms with Gasteiger partial charge in [-0.3, -0.25) is 4.90 Å². The van der Waals surface area contributed by atoms with E-state index < -0.39 is 6.09 Å². The van der Waals surface area contributed by atoms with Crippen LogP contribution >= 0.6 is 0 Å². The van der Waals surface area contributed by atoms with Crippen molar-refractivity contribution >= 4 is 6.09 Å². The van der Waals surface area contributed by atoms with E-state index in [1.54, 1.807) is 4.90 Å². The van der Waals surface area contributed by atoms with Crippen molar-refractivity contribution in [2.45, 2.75) is 25.4 Å². The van der Waals surface area contributed by atoms with Gasteiger partial charge < -0.3 is 10.0 Å². The van der Waals surface area contributed by atoms with Crippen molar-refractivity contribution in [2.24, 2.45) is 5.92 Å². The number of nitrogens with zero attached hydrogens (tertiary/aromatic N) is 2. The summed E-state index contributed by atoms with van der Waals surface area (Å²) >= 11 is 0. The van der Waals surface area contributed by atoms with E-state index in [1.807, 2.05) is 6.07 Å². The summed E-state index contributed by atoms with van der Waals surface area (Å²) in [6.45, 7) is 4.68. The lowest BCUT2D eigenvalue weighted by atomic mass is 10.0. The van der Waals surface area contributed by atoms with Crippen LogP contribution in [0.15, 0.2) is 30.3 Å². The van der Waals surface area contributed by atoms with E-state index in [1.165, 1.54) is 5.56 Å². The fraction of sp³-hybridized carbons (Fsp3) is 0.533. The number of hydrogen-bond donors (Lipinski definition) is 1. The van der Waals surface area contributed by atoms with Crippen LogP contribution in [0.3, 0.4) is 0 Å². The van der Waals surface area contributed by atoms with Crippen molar-refractivity contribution in [3.8, 4) is 0 Å². The quantitative estimate of drug-likeness (QED) is 0.888. The van der Waals surface area contributed by atoms with Gasteiger partial charge in [0.1, 0.15) is 0 Å². The highest BCUT2D eigenvalue weighted by Crippen LogP contribution is 2.36. The predicted octanol–water partition coefficient (Wildman–Crippen LogP) is 2.43. The summed E-state index contributed by atoms with van der Waals surface area (Å²) in [7, 11) is 0. The molecule has 3 rings (SSSR count). The zero-order valence-electron chi connectivity index (χ0n) is 11.2. The van der Waals surface area contributed by atoms with Crippen molar-refractivity contribution in [3.63, 3.8) is 0 Å². The molecule has 2 aliphatic heterocycles. The highest BCUT2D eigenvalue weighted by molar-refractivity contribution is 5.65. The molecule has 1 aromatic rings. The van der Waals surface area contributed by atoms with Crippen LogP contribution in [-0.2, 0) is 0 Å². The molecule has 0 aliphatic carbocycles. The Balaban J connectivity index is 1.75. The van der Waals surface area contributed by atoms with Gasteiger partial charge in [0.05, 0.1) is 0 Å². The van der Waals surface area contributed by atoms with Gasteiger partial charge in [0.2, 0.25) is 0 Å². The molecule has 0 aromatic heterocycles. The van der Waals surface area contributed by atoms with Crippen LogP contribution in [0.2, 0.25) is 0 Å². The van der Waals surface area contributed by atoms with E-state index in [0.29, 0.717) is 31.1 Å². The minimum absolute atomic E-state index is 0.366. The van der Waals surface area contributed by atoms with E-state index in [-0.39, 0.29) is 0 Å². The minimum Gasteiger partial charge on any atom is -0.465 e. The van der Waals surface area contributed by atoms with Crippen LogP contribution in [0.4, 0.5) is 4.79 Å². The number of carbonyl (C=O) groups is 1. The van der Waals surface area contributed by atoms with Gasteiger partial charge in [-0.1, -0.05) is 30.3 Å². The molecule has 2 heterocycles. The van der Waals surface area contributed by atoms with E-state index in [0.717, 1.165) is 13.0 Å². The molecule has 102 valence electrons. The fourth-order valence-corrected chi connectivity index (χ4v) is 3.55. The van der Waals surface area contributed by atoms with Gasteiger partial charge in [-0.15, -0.1) is 0 Å². The number of benzene rings is 1. The van der Waals surface area contributed by atoms with Gasteiger partial charge in [-0.05, 0) is 31.4 Å². The van der Waals surface area contributed by atoms with Gasteiger partial charge >= 0.3 is 6.09 Å². The Hall–Kier alpha value is -1.55. The third-order valence-electron chi connectivity index (χ3n) is 4.64. The first-order valence-corrected chi connectivity index (χ1v) is 6.95. The summed E-state index contributed by atoms with van der Waals surface area (Å²) < 4.78 is 0. The van der Waals surface area contributed by atoms with Crippen LogP contribution in [0, 0.1) is 5.92 Å². The Morgan fingerprint density at radius 1 is 1.32 bits per heavy atom. The first-order chi connectivity index (χ1) is 9.16. The molecule has 1 N–H and O–H groups in total. The normalized spacial score (nSPS) is 28.4. The Labute approximate surface area is 113 Å². The highest BCUT2D eigenvalue weighted by Gasteiger charge is 2.44. The lowest BCUT2D eigenvalue weighted by Gasteiger charge is -2.30. The molecule has 4 heteroatoms. The molecular weight excluding hydrogens is 240 g/mol. The Morgan fingerprint density at radius 3 is 2.74 bits per heavy atom. The monoisotopic (exact) mass is 260 g/mol. The lowest BCUT2D eigenvalue weighted by Crippen LogP contribution is -2.38. The van der Waals surface area contributed by atoms with E-state index in [2.05, 4.69) is 36.1 Å². The molecule has 19 heavy (non-hydrogen) atoms. The number of fused-ring (bicyclic) bond motifs is 1. The van der Waals surface area contributed by atoms with Crippen molar-refractivity contribution in [1.29, 1.82) is 0 Å². The van der Waals surface area contributed by atoms with Crippen molar-refractivity contribution in [3.05, 3.63) is 35.9 Å². The number of carboxylic acid groups (broad SMARTS) is 1. The molecule has 2 fully saturated rings. The first-order valence-electron chi connectivity index (χ1n) is 6.95. The molecule has 0 radical (unpaired) electrons. The molecule has 3 atom stereocenters. The third-order valence-corrected chi connectivity index (χ3v) is 4.64. The molecule has 2 saturated heterocycles. The van der Waals surface area contributed by atoms with Gasteiger partial charge in [0.25, 0.3) is 0 Å². The number of rotatable bonds is 2. The summed E-state index contributed by atoms with van der Waals surface area (Å²) in [4.78, 5) is 15.1. The van der Waals surface area contributed by atoms with Crippen molar-refractivity contribution in [2.75, 3.05) is 19.6 Å². The number of hydrogen-bond acceptors (Lipinski definition) is 2. The Bertz CT molecular complexity index is 462. The smallest absolute Gasteiger partial charge is 0.407 e. The molecule has 4 nitrogen and oxygen atoms in total. The third kappa shape index (κ3) is 2.21. The van der Waals surface area contributed by atoms with Gasteiger partial charge in [0, 0.05) is 25.2 Å². The van der Waals surface area contributed by atoms with Crippen LogP contribution in [0.25, 0.3) is 0 Å². The van der Waals surface area contributed by atoms with Crippen LogP contribution < -0.4 is 0 Å². The van der Waals surface area contributed by atoms with Crippen molar-refractivity contribution < 1.29 is 9.90 Å². The summed E-state index contributed by atoms with van der Waals surface area (Å²) in [6, 6.07) is 11.2. The summed E-state index contributed by atoms with van der Waals surface area (Å²) in [5.41, 5.74) is 1.32. The number of amides is 1. The zero-order valence-corrected chi connectivity index (χ0v) is 11.2. The highest BCUT2D eigenvalue weighted by atomic mass is 16.4. The van der Waals surface area contributed by atoms with Gasteiger partial charge in [-0.2, -0.15) is 0 Å². The minimum atomic E-state index is -0.776. The molecule has 0 spiro atoms. The molecule has 0 unspecified atom stereocenters. The largest absolute Gasteiger partial charge is 0.465 e. The maximum Gasteiger partial charge on any atom is 0.407 e. The predicted molar refractivity (Wildman–Crippen MR) is 73.1 cm³/mol.